The first-order valence-electron chi connectivity index (χ1n) is 20.6. The van der Waals surface area contributed by atoms with Crippen LogP contribution in [0.3, 0.4) is 0 Å². The quantitative estimate of drug-likeness (QED) is 0.0589. The van der Waals surface area contributed by atoms with Gasteiger partial charge in [0.05, 0.1) is 19.3 Å². The SMILES string of the molecule is CCCCCCCCCCCCCC[C@@H](O)[C@@H](O)[C@H](COC1OC(CO)C(O)C(O)C1O)n1nnn(CCCCCCCCCCC2CC2)c1=O. The fourth-order valence-corrected chi connectivity index (χ4v) is 7.13. The monoisotopic (exact) mass is 729 g/mol. The van der Waals surface area contributed by atoms with Crippen molar-refractivity contribution < 1.29 is 40.1 Å². The highest BCUT2D eigenvalue weighted by molar-refractivity contribution is 4.89. The number of hydrogen-bond acceptors (Lipinski definition) is 11. The van der Waals surface area contributed by atoms with Crippen molar-refractivity contribution in [3.8, 4) is 0 Å². The predicted molar refractivity (Wildman–Crippen MR) is 195 cm³/mol. The van der Waals surface area contributed by atoms with Gasteiger partial charge in [-0.25, -0.2) is 4.79 Å². The summed E-state index contributed by atoms with van der Waals surface area (Å²) in [6.07, 6.45) is 17.7. The molecule has 1 aromatic rings. The molecule has 1 aromatic heterocycles. The average molecular weight is 729 g/mol. The van der Waals surface area contributed by atoms with Crippen LogP contribution in [0.15, 0.2) is 4.79 Å². The third-order valence-electron chi connectivity index (χ3n) is 10.8. The molecule has 0 amide bonds. The average Bonchev–Trinajstić information content (AvgIpc) is 3.90. The summed E-state index contributed by atoms with van der Waals surface area (Å²) in [4.78, 5) is 13.4. The number of aliphatic hydroxyl groups excluding tert-OH is 6. The lowest BCUT2D eigenvalue weighted by molar-refractivity contribution is -0.304. The van der Waals surface area contributed by atoms with Gasteiger partial charge in [0.15, 0.2) is 6.29 Å². The zero-order chi connectivity index (χ0) is 36.8. The molecule has 2 heterocycles. The van der Waals surface area contributed by atoms with Crippen molar-refractivity contribution in [1.82, 2.24) is 19.8 Å². The van der Waals surface area contributed by atoms with Gasteiger partial charge in [-0.3, -0.25) is 0 Å². The Morgan fingerprint density at radius 2 is 1.29 bits per heavy atom. The van der Waals surface area contributed by atoms with E-state index in [9.17, 15) is 35.4 Å². The van der Waals surface area contributed by atoms with E-state index in [1.165, 1.54) is 107 Å². The molecule has 8 atom stereocenters. The number of tetrazole rings is 1. The molecule has 2 fully saturated rings. The number of aliphatic hydroxyl groups is 6. The summed E-state index contributed by atoms with van der Waals surface area (Å²) in [6.45, 7) is 1.56. The van der Waals surface area contributed by atoms with Gasteiger partial charge in [0.1, 0.15) is 36.6 Å². The number of rotatable bonds is 31. The van der Waals surface area contributed by atoms with Gasteiger partial charge in [-0.2, -0.15) is 9.36 Å². The Hall–Kier alpha value is -1.45. The maximum absolute atomic E-state index is 13.4. The second-order valence-corrected chi connectivity index (χ2v) is 15.3. The molecule has 298 valence electrons. The molecule has 0 spiro atoms. The Bertz CT molecular complexity index is 1070. The molecule has 3 rings (SSSR count). The summed E-state index contributed by atoms with van der Waals surface area (Å²) in [5, 5.41) is 70.8. The molecule has 0 radical (unpaired) electrons. The number of unbranched alkanes of at least 4 members (excludes halogenated alkanes) is 18. The molecule has 13 heteroatoms. The van der Waals surface area contributed by atoms with Crippen LogP contribution in [0.2, 0.25) is 0 Å². The van der Waals surface area contributed by atoms with E-state index < -0.39 is 67.9 Å². The largest absolute Gasteiger partial charge is 0.394 e. The van der Waals surface area contributed by atoms with Crippen molar-refractivity contribution in [1.29, 1.82) is 0 Å². The van der Waals surface area contributed by atoms with E-state index in [4.69, 9.17) is 9.47 Å². The molecule has 51 heavy (non-hydrogen) atoms. The van der Waals surface area contributed by atoms with Gasteiger partial charge in [0, 0.05) is 6.54 Å². The molecule has 6 N–H and O–H groups in total. The predicted octanol–water partition coefficient (Wildman–Crippen LogP) is 4.53. The minimum Gasteiger partial charge on any atom is -0.394 e. The normalized spacial score (nSPS) is 24.2. The van der Waals surface area contributed by atoms with Gasteiger partial charge < -0.3 is 40.1 Å². The lowest BCUT2D eigenvalue weighted by Crippen LogP contribution is -2.59. The van der Waals surface area contributed by atoms with Crippen LogP contribution >= 0.6 is 0 Å². The first-order chi connectivity index (χ1) is 24.8. The van der Waals surface area contributed by atoms with Gasteiger partial charge in [-0.1, -0.05) is 148 Å². The standard InChI is InChI=1S/C38H72N4O9/c1-2-3-4-5-6-7-8-9-10-14-17-20-23-31(44)33(45)30(28-50-37-36(48)35(47)34(46)32(27-43)51-37)42-38(49)41(39-40-42)26-21-18-15-12-11-13-16-19-22-29-24-25-29/h29-37,43-48H,2-28H2,1H3/t30-,31+,32?,33-,34?,35?,36?,37?/m0/s1. The number of nitrogens with zero attached hydrogens (tertiary/aromatic N) is 4. The van der Waals surface area contributed by atoms with E-state index in [2.05, 4.69) is 17.4 Å². The Morgan fingerprint density at radius 3 is 1.86 bits per heavy atom. The van der Waals surface area contributed by atoms with Crippen LogP contribution in [0, 0.1) is 5.92 Å². The molecule has 1 aliphatic carbocycles. The maximum Gasteiger partial charge on any atom is 0.364 e. The lowest BCUT2D eigenvalue weighted by atomic mass is 9.98. The molecule has 0 bridgehead atoms. The van der Waals surface area contributed by atoms with Gasteiger partial charge in [-0.05, 0) is 29.2 Å². The summed E-state index contributed by atoms with van der Waals surface area (Å²) >= 11 is 0. The van der Waals surface area contributed by atoms with Crippen LogP contribution in [0.5, 0.6) is 0 Å². The van der Waals surface area contributed by atoms with Gasteiger partial charge in [0.25, 0.3) is 0 Å². The second kappa shape index (κ2) is 25.5. The van der Waals surface area contributed by atoms with Gasteiger partial charge >= 0.3 is 5.69 Å². The third kappa shape index (κ3) is 16.2. The Kier molecular flexibility index (Phi) is 22.0. The molecular weight excluding hydrogens is 656 g/mol. The van der Waals surface area contributed by atoms with Crippen LogP contribution in [0.25, 0.3) is 0 Å². The highest BCUT2D eigenvalue weighted by atomic mass is 16.7. The van der Waals surface area contributed by atoms with E-state index in [-0.39, 0.29) is 0 Å². The van der Waals surface area contributed by atoms with Crippen LogP contribution in [0.4, 0.5) is 0 Å². The first-order valence-corrected chi connectivity index (χ1v) is 20.6. The Labute approximate surface area is 305 Å². The molecule has 0 aromatic carbocycles. The van der Waals surface area contributed by atoms with Crippen molar-refractivity contribution in [3.63, 3.8) is 0 Å². The minimum atomic E-state index is -1.65. The molecule has 2 aliphatic rings. The molecule has 1 saturated heterocycles. The third-order valence-corrected chi connectivity index (χ3v) is 10.8. The van der Waals surface area contributed by atoms with E-state index >= 15 is 0 Å². The highest BCUT2D eigenvalue weighted by Crippen LogP contribution is 2.34. The Morgan fingerprint density at radius 1 is 0.745 bits per heavy atom. The van der Waals surface area contributed by atoms with E-state index in [0.717, 1.165) is 49.1 Å². The van der Waals surface area contributed by atoms with E-state index in [1.54, 1.807) is 0 Å². The smallest absolute Gasteiger partial charge is 0.364 e. The van der Waals surface area contributed by atoms with Gasteiger partial charge in [-0.15, -0.1) is 0 Å². The molecule has 13 nitrogen and oxygen atoms in total. The zero-order valence-corrected chi connectivity index (χ0v) is 31.5. The minimum absolute atomic E-state index is 0.318. The summed E-state index contributed by atoms with van der Waals surface area (Å²) < 4.78 is 13.4. The van der Waals surface area contributed by atoms with Crippen molar-refractivity contribution in [3.05, 3.63) is 10.5 Å². The second-order valence-electron chi connectivity index (χ2n) is 15.3. The topological polar surface area (TPSA) is 193 Å². The zero-order valence-electron chi connectivity index (χ0n) is 31.5. The molecular formula is C38H72N4O9. The molecule has 1 saturated carbocycles. The van der Waals surface area contributed by atoms with Crippen molar-refractivity contribution >= 4 is 0 Å². The van der Waals surface area contributed by atoms with Crippen molar-refractivity contribution in [2.24, 2.45) is 5.92 Å². The van der Waals surface area contributed by atoms with Crippen LogP contribution in [-0.4, -0.2) is 107 Å². The van der Waals surface area contributed by atoms with Crippen molar-refractivity contribution in [2.75, 3.05) is 13.2 Å². The fraction of sp³-hybridized carbons (Fsp3) is 0.974. The first kappa shape index (κ1) is 44.0. The number of ether oxygens (including phenoxy) is 2. The lowest BCUT2D eigenvalue weighted by Gasteiger charge is -2.40. The van der Waals surface area contributed by atoms with Crippen molar-refractivity contribution in [2.45, 2.75) is 217 Å². The number of aryl methyl sites for hydroxylation is 1. The van der Waals surface area contributed by atoms with Crippen LogP contribution in [-0.2, 0) is 16.0 Å². The summed E-state index contributed by atoms with van der Waals surface area (Å²) in [5.41, 5.74) is -0.551. The van der Waals surface area contributed by atoms with E-state index in [0.29, 0.717) is 19.4 Å². The highest BCUT2D eigenvalue weighted by Gasteiger charge is 2.45. The summed E-state index contributed by atoms with van der Waals surface area (Å²) in [7, 11) is 0. The summed E-state index contributed by atoms with van der Waals surface area (Å²) in [5.74, 6) is 1.01. The summed E-state index contributed by atoms with van der Waals surface area (Å²) in [6, 6.07) is -1.18. The van der Waals surface area contributed by atoms with E-state index in [1.807, 2.05) is 0 Å². The Balaban J connectivity index is 1.47. The molecule has 1 aliphatic heterocycles. The van der Waals surface area contributed by atoms with Crippen LogP contribution in [0.1, 0.15) is 167 Å². The molecule has 5 unspecified atom stereocenters. The van der Waals surface area contributed by atoms with Crippen LogP contribution < -0.4 is 5.69 Å². The number of hydrogen-bond donors (Lipinski definition) is 6. The van der Waals surface area contributed by atoms with Gasteiger partial charge in [0.2, 0.25) is 0 Å². The number of aromatic nitrogens is 4. The fourth-order valence-electron chi connectivity index (χ4n) is 7.13. The maximum atomic E-state index is 13.4.